The van der Waals surface area contributed by atoms with E-state index in [-0.39, 0.29) is 6.54 Å². The van der Waals surface area contributed by atoms with Gasteiger partial charge in [0.05, 0.1) is 6.54 Å². The van der Waals surface area contributed by atoms with E-state index < -0.39 is 24.3 Å². The standard InChI is InChI=1S/C5H9NO4/c6-2-3(7)1-4(8)5(9)10/h4,8H,1-2,6H2,(H,9,10). The van der Waals surface area contributed by atoms with Crippen LogP contribution in [0.25, 0.3) is 0 Å². The van der Waals surface area contributed by atoms with Gasteiger partial charge in [-0.05, 0) is 0 Å². The molecule has 5 heteroatoms. The first-order valence-corrected chi connectivity index (χ1v) is 2.70. The van der Waals surface area contributed by atoms with Crippen molar-refractivity contribution in [2.75, 3.05) is 6.54 Å². The lowest BCUT2D eigenvalue weighted by Crippen LogP contribution is -2.26. The third-order valence-corrected chi connectivity index (χ3v) is 0.934. The average molecular weight is 147 g/mol. The monoisotopic (exact) mass is 147 g/mol. The predicted molar refractivity (Wildman–Crippen MR) is 32.3 cm³/mol. The number of aliphatic carboxylic acids is 1. The number of aliphatic hydroxyl groups is 1. The highest BCUT2D eigenvalue weighted by Gasteiger charge is 2.15. The van der Waals surface area contributed by atoms with Gasteiger partial charge in [0.25, 0.3) is 0 Å². The number of hydrogen-bond acceptors (Lipinski definition) is 4. The minimum absolute atomic E-state index is 0.232. The molecule has 1 unspecified atom stereocenters. The number of carboxylic acids is 1. The quantitative estimate of drug-likeness (QED) is 0.442. The zero-order valence-electron chi connectivity index (χ0n) is 5.28. The lowest BCUT2D eigenvalue weighted by atomic mass is 10.2. The number of carboxylic acid groups (broad SMARTS) is 1. The van der Waals surface area contributed by atoms with Gasteiger partial charge in [-0.1, -0.05) is 0 Å². The van der Waals surface area contributed by atoms with Gasteiger partial charge in [-0.25, -0.2) is 4.79 Å². The third kappa shape index (κ3) is 3.16. The first-order valence-electron chi connectivity index (χ1n) is 2.70. The van der Waals surface area contributed by atoms with E-state index in [4.69, 9.17) is 15.9 Å². The van der Waals surface area contributed by atoms with Crippen molar-refractivity contribution >= 4 is 11.8 Å². The molecule has 0 heterocycles. The molecule has 0 aliphatic rings. The molecule has 0 amide bonds. The molecule has 0 saturated heterocycles. The van der Waals surface area contributed by atoms with Crippen molar-refractivity contribution in [3.05, 3.63) is 0 Å². The summed E-state index contributed by atoms with van der Waals surface area (Å²) in [6.07, 6.45) is -2.03. The second-order valence-corrected chi connectivity index (χ2v) is 1.80. The van der Waals surface area contributed by atoms with E-state index in [2.05, 4.69) is 0 Å². The lowest BCUT2D eigenvalue weighted by Gasteiger charge is -2.00. The molecule has 0 aromatic rings. The normalized spacial score (nSPS) is 12.6. The highest BCUT2D eigenvalue weighted by molar-refractivity contribution is 5.85. The lowest BCUT2D eigenvalue weighted by molar-refractivity contribution is -0.148. The molecule has 0 aliphatic heterocycles. The highest BCUT2D eigenvalue weighted by atomic mass is 16.4. The van der Waals surface area contributed by atoms with E-state index >= 15 is 0 Å². The Balaban J connectivity index is 3.68. The molecule has 0 saturated carbocycles. The summed E-state index contributed by atoms with van der Waals surface area (Å²) >= 11 is 0. The van der Waals surface area contributed by atoms with Crippen molar-refractivity contribution in [3.63, 3.8) is 0 Å². The van der Waals surface area contributed by atoms with Crippen LogP contribution < -0.4 is 5.73 Å². The van der Waals surface area contributed by atoms with Crippen LogP contribution in [0.15, 0.2) is 0 Å². The molecule has 1 atom stereocenters. The molecule has 0 bridgehead atoms. The Morgan fingerprint density at radius 3 is 2.30 bits per heavy atom. The fraction of sp³-hybridized carbons (Fsp3) is 0.600. The molecule has 0 radical (unpaired) electrons. The van der Waals surface area contributed by atoms with Crippen molar-refractivity contribution < 1.29 is 19.8 Å². The summed E-state index contributed by atoms with van der Waals surface area (Å²) in [6.45, 7) is -0.232. The molecule has 0 fully saturated rings. The maximum atomic E-state index is 10.4. The van der Waals surface area contributed by atoms with E-state index in [1.165, 1.54) is 0 Å². The molecular weight excluding hydrogens is 138 g/mol. The Kier molecular flexibility index (Phi) is 3.60. The number of Topliss-reactive ketones (excluding diaryl/α,β-unsaturated/α-hetero) is 1. The topological polar surface area (TPSA) is 101 Å². The van der Waals surface area contributed by atoms with Gasteiger partial charge in [0.1, 0.15) is 5.78 Å². The van der Waals surface area contributed by atoms with Crippen LogP contribution in [0, 0.1) is 0 Å². The smallest absolute Gasteiger partial charge is 0.332 e. The molecule has 10 heavy (non-hydrogen) atoms. The Hall–Kier alpha value is -0.940. The summed E-state index contributed by atoms with van der Waals surface area (Å²) in [5.41, 5.74) is 4.87. The van der Waals surface area contributed by atoms with Crippen LogP contribution in [0.2, 0.25) is 0 Å². The van der Waals surface area contributed by atoms with Gasteiger partial charge in [0, 0.05) is 6.42 Å². The SMILES string of the molecule is NCC(=O)CC(O)C(=O)O. The van der Waals surface area contributed by atoms with Crippen LogP contribution in [-0.4, -0.2) is 34.6 Å². The van der Waals surface area contributed by atoms with E-state index in [9.17, 15) is 9.59 Å². The Morgan fingerprint density at radius 2 is 2.00 bits per heavy atom. The third-order valence-electron chi connectivity index (χ3n) is 0.934. The van der Waals surface area contributed by atoms with Crippen molar-refractivity contribution in [2.24, 2.45) is 5.73 Å². The number of ketones is 1. The van der Waals surface area contributed by atoms with Crippen LogP contribution in [0.4, 0.5) is 0 Å². The van der Waals surface area contributed by atoms with Gasteiger partial charge in [-0.15, -0.1) is 0 Å². The first kappa shape index (κ1) is 9.06. The maximum Gasteiger partial charge on any atom is 0.332 e. The Bertz CT molecular complexity index is 145. The molecule has 0 rings (SSSR count). The molecular formula is C5H9NO4. The summed E-state index contributed by atoms with van der Waals surface area (Å²) in [5.74, 6) is -1.86. The van der Waals surface area contributed by atoms with Crippen LogP contribution in [0.5, 0.6) is 0 Å². The zero-order valence-corrected chi connectivity index (χ0v) is 5.28. The van der Waals surface area contributed by atoms with E-state index in [0.717, 1.165) is 0 Å². The molecule has 0 aliphatic carbocycles. The van der Waals surface area contributed by atoms with Crippen LogP contribution in [0.3, 0.4) is 0 Å². The summed E-state index contributed by atoms with van der Waals surface area (Å²) in [4.78, 5) is 20.3. The second-order valence-electron chi connectivity index (χ2n) is 1.80. The van der Waals surface area contributed by atoms with Gasteiger partial charge in [0.15, 0.2) is 6.10 Å². The van der Waals surface area contributed by atoms with Crippen LogP contribution in [-0.2, 0) is 9.59 Å². The maximum absolute atomic E-state index is 10.4. The second kappa shape index (κ2) is 3.97. The Morgan fingerprint density at radius 1 is 1.50 bits per heavy atom. The van der Waals surface area contributed by atoms with Gasteiger partial charge in [-0.3, -0.25) is 4.79 Å². The van der Waals surface area contributed by atoms with Crippen molar-refractivity contribution in [1.29, 1.82) is 0 Å². The number of hydrogen-bond donors (Lipinski definition) is 3. The number of aliphatic hydroxyl groups excluding tert-OH is 1. The van der Waals surface area contributed by atoms with E-state index in [0.29, 0.717) is 0 Å². The van der Waals surface area contributed by atoms with Gasteiger partial charge in [0.2, 0.25) is 0 Å². The van der Waals surface area contributed by atoms with E-state index in [1.807, 2.05) is 0 Å². The summed E-state index contributed by atoms with van der Waals surface area (Å²) in [5, 5.41) is 16.6. The minimum Gasteiger partial charge on any atom is -0.479 e. The molecule has 0 aromatic carbocycles. The van der Waals surface area contributed by atoms with Gasteiger partial charge >= 0.3 is 5.97 Å². The molecule has 4 N–H and O–H groups in total. The molecule has 58 valence electrons. The fourth-order valence-electron chi connectivity index (χ4n) is 0.386. The predicted octanol–water partition coefficient (Wildman–Crippen LogP) is -1.65. The number of nitrogens with two attached hydrogens (primary N) is 1. The van der Waals surface area contributed by atoms with Crippen LogP contribution in [0.1, 0.15) is 6.42 Å². The van der Waals surface area contributed by atoms with Crippen molar-refractivity contribution in [1.82, 2.24) is 0 Å². The molecule has 0 spiro atoms. The molecule has 5 nitrogen and oxygen atoms in total. The summed E-state index contributed by atoms with van der Waals surface area (Å²) in [7, 11) is 0. The number of carbonyl (C=O) groups excluding carboxylic acids is 1. The number of rotatable bonds is 4. The highest BCUT2D eigenvalue weighted by Crippen LogP contribution is 1.91. The largest absolute Gasteiger partial charge is 0.479 e. The average Bonchev–Trinajstić information content (AvgIpc) is 1.87. The fourth-order valence-corrected chi connectivity index (χ4v) is 0.386. The summed E-state index contributed by atoms with van der Waals surface area (Å²) in [6, 6.07) is 0. The molecule has 0 aromatic heterocycles. The minimum atomic E-state index is -1.61. The summed E-state index contributed by atoms with van der Waals surface area (Å²) < 4.78 is 0. The van der Waals surface area contributed by atoms with E-state index in [1.54, 1.807) is 0 Å². The number of carbonyl (C=O) groups is 2. The van der Waals surface area contributed by atoms with Crippen molar-refractivity contribution in [3.8, 4) is 0 Å². The zero-order chi connectivity index (χ0) is 8.15. The first-order chi connectivity index (χ1) is 4.57. The van der Waals surface area contributed by atoms with Gasteiger partial charge < -0.3 is 15.9 Å². The van der Waals surface area contributed by atoms with Gasteiger partial charge in [-0.2, -0.15) is 0 Å². The van der Waals surface area contributed by atoms with Crippen molar-refractivity contribution in [2.45, 2.75) is 12.5 Å². The van der Waals surface area contributed by atoms with Crippen LogP contribution >= 0.6 is 0 Å². The Labute approximate surface area is 57.5 Å².